The average Bonchev–Trinajstić information content (AvgIpc) is 2.17. The Labute approximate surface area is 95.3 Å². The molecule has 16 heavy (non-hydrogen) atoms. The first kappa shape index (κ1) is 14.5. The van der Waals surface area contributed by atoms with Crippen LogP contribution in [0.2, 0.25) is 0 Å². The summed E-state index contributed by atoms with van der Waals surface area (Å²) >= 11 is 0. The quantitative estimate of drug-likeness (QED) is 0.547. The van der Waals surface area contributed by atoms with Gasteiger partial charge in [-0.05, 0) is 18.8 Å². The van der Waals surface area contributed by atoms with Gasteiger partial charge in [-0.3, -0.25) is 0 Å². The maximum atomic E-state index is 11.7. The van der Waals surface area contributed by atoms with Crippen molar-refractivity contribution in [1.82, 2.24) is 0 Å². The maximum Gasteiger partial charge on any atom is 0.352 e. The van der Waals surface area contributed by atoms with Crippen LogP contribution in [0.1, 0.15) is 34.1 Å². The number of carboxylic acids is 1. The summed E-state index contributed by atoms with van der Waals surface area (Å²) in [5, 5.41) is 8.84. The molecular weight excluding hydrogens is 210 g/mol. The minimum absolute atomic E-state index is 0.0318. The number of esters is 1. The van der Waals surface area contributed by atoms with Crippen LogP contribution in [0.25, 0.3) is 0 Å². The number of nitrogens with two attached hydrogens (primary N) is 1. The molecule has 0 aromatic carbocycles. The van der Waals surface area contributed by atoms with Gasteiger partial charge < -0.3 is 15.6 Å². The number of carbonyl (C=O) groups is 2. The Morgan fingerprint density at radius 3 is 2.12 bits per heavy atom. The Bertz CT molecular complexity index is 318. The second kappa shape index (κ2) is 5.53. The van der Waals surface area contributed by atoms with Crippen molar-refractivity contribution >= 4 is 11.9 Å². The van der Waals surface area contributed by atoms with Gasteiger partial charge in [0, 0.05) is 0 Å². The summed E-state index contributed by atoms with van der Waals surface area (Å²) in [6.07, 6.45) is 0.592. The van der Waals surface area contributed by atoms with E-state index in [1.165, 1.54) is 0 Å². The first-order chi connectivity index (χ1) is 7.27. The lowest BCUT2D eigenvalue weighted by molar-refractivity contribution is -0.141. The van der Waals surface area contributed by atoms with E-state index in [0.29, 0.717) is 6.42 Å². The van der Waals surface area contributed by atoms with Crippen LogP contribution >= 0.6 is 0 Å². The van der Waals surface area contributed by atoms with E-state index in [9.17, 15) is 9.59 Å². The zero-order valence-electron chi connectivity index (χ0n) is 10.2. The SMILES string of the molecule is CCOC(=O)C(=C(N)C(=O)O)C(C)(C)CC. The highest BCUT2D eigenvalue weighted by Gasteiger charge is 2.32. The van der Waals surface area contributed by atoms with Crippen LogP contribution in [-0.2, 0) is 14.3 Å². The van der Waals surface area contributed by atoms with Crippen LogP contribution in [0.3, 0.4) is 0 Å². The monoisotopic (exact) mass is 229 g/mol. The van der Waals surface area contributed by atoms with E-state index in [1.807, 2.05) is 6.92 Å². The molecule has 5 heteroatoms. The number of rotatable bonds is 5. The van der Waals surface area contributed by atoms with Crippen molar-refractivity contribution in [1.29, 1.82) is 0 Å². The molecule has 92 valence electrons. The van der Waals surface area contributed by atoms with Crippen molar-refractivity contribution < 1.29 is 19.4 Å². The summed E-state index contributed by atoms with van der Waals surface area (Å²) in [4.78, 5) is 22.5. The van der Waals surface area contributed by atoms with E-state index in [0.717, 1.165) is 0 Å². The number of ether oxygens (including phenoxy) is 1. The number of hydrogen-bond acceptors (Lipinski definition) is 4. The van der Waals surface area contributed by atoms with Gasteiger partial charge >= 0.3 is 11.9 Å². The van der Waals surface area contributed by atoms with Crippen LogP contribution in [0.5, 0.6) is 0 Å². The van der Waals surface area contributed by atoms with Gasteiger partial charge in [0.1, 0.15) is 5.70 Å². The largest absolute Gasteiger partial charge is 0.477 e. The predicted molar refractivity (Wildman–Crippen MR) is 59.6 cm³/mol. The van der Waals surface area contributed by atoms with Gasteiger partial charge in [-0.15, -0.1) is 0 Å². The molecule has 0 fully saturated rings. The Balaban J connectivity index is 5.48. The van der Waals surface area contributed by atoms with Gasteiger partial charge in [0.05, 0.1) is 12.2 Å². The molecule has 0 bridgehead atoms. The fourth-order valence-corrected chi connectivity index (χ4v) is 1.24. The minimum atomic E-state index is -1.30. The van der Waals surface area contributed by atoms with Gasteiger partial charge in [-0.25, -0.2) is 9.59 Å². The maximum absolute atomic E-state index is 11.7. The fourth-order valence-electron chi connectivity index (χ4n) is 1.24. The summed E-state index contributed by atoms with van der Waals surface area (Å²) in [6, 6.07) is 0. The molecular formula is C11H19NO4. The molecule has 0 saturated heterocycles. The minimum Gasteiger partial charge on any atom is -0.477 e. The number of carbonyl (C=O) groups excluding carboxylic acids is 1. The molecule has 0 aromatic rings. The third kappa shape index (κ3) is 3.25. The molecule has 5 nitrogen and oxygen atoms in total. The third-order valence-electron chi connectivity index (χ3n) is 2.54. The summed E-state index contributed by atoms with van der Waals surface area (Å²) in [5.74, 6) is -1.96. The second-order valence-corrected chi connectivity index (χ2v) is 4.05. The molecule has 0 aliphatic heterocycles. The molecule has 0 spiro atoms. The van der Waals surface area contributed by atoms with Crippen LogP contribution < -0.4 is 5.73 Å². The molecule has 0 unspecified atom stereocenters. The molecule has 3 N–H and O–H groups in total. The molecule has 0 radical (unpaired) electrons. The Morgan fingerprint density at radius 1 is 1.31 bits per heavy atom. The number of hydrogen-bond donors (Lipinski definition) is 2. The average molecular weight is 229 g/mol. The number of carboxylic acid groups (broad SMARTS) is 1. The smallest absolute Gasteiger partial charge is 0.352 e. The molecule has 0 amide bonds. The van der Waals surface area contributed by atoms with Crippen molar-refractivity contribution in [3.8, 4) is 0 Å². The predicted octanol–water partition coefficient (Wildman–Crippen LogP) is 1.28. The van der Waals surface area contributed by atoms with E-state index < -0.39 is 23.1 Å². The van der Waals surface area contributed by atoms with E-state index in [1.54, 1.807) is 20.8 Å². The van der Waals surface area contributed by atoms with Gasteiger partial charge in [-0.1, -0.05) is 20.8 Å². The first-order valence-electron chi connectivity index (χ1n) is 5.18. The Morgan fingerprint density at radius 2 is 1.81 bits per heavy atom. The fraction of sp³-hybridized carbons (Fsp3) is 0.636. The summed E-state index contributed by atoms with van der Waals surface area (Å²) in [6.45, 7) is 7.22. The van der Waals surface area contributed by atoms with Crippen molar-refractivity contribution in [2.75, 3.05) is 6.61 Å². The highest BCUT2D eigenvalue weighted by Crippen LogP contribution is 2.32. The second-order valence-electron chi connectivity index (χ2n) is 4.05. The summed E-state index contributed by atoms with van der Waals surface area (Å²) in [5.41, 5.74) is 4.41. The first-order valence-corrected chi connectivity index (χ1v) is 5.18. The highest BCUT2D eigenvalue weighted by atomic mass is 16.5. The van der Waals surface area contributed by atoms with E-state index in [4.69, 9.17) is 15.6 Å². The van der Waals surface area contributed by atoms with E-state index in [2.05, 4.69) is 0 Å². The van der Waals surface area contributed by atoms with Crippen LogP contribution in [0.15, 0.2) is 11.3 Å². The van der Waals surface area contributed by atoms with Crippen LogP contribution in [-0.4, -0.2) is 23.7 Å². The molecule has 0 heterocycles. The Kier molecular flexibility index (Phi) is 5.01. The van der Waals surface area contributed by atoms with Gasteiger partial charge in [0.2, 0.25) is 0 Å². The zero-order valence-corrected chi connectivity index (χ0v) is 10.2. The van der Waals surface area contributed by atoms with E-state index in [-0.39, 0.29) is 12.2 Å². The van der Waals surface area contributed by atoms with Crippen molar-refractivity contribution in [2.45, 2.75) is 34.1 Å². The normalized spacial score (nSPS) is 13.0. The Hall–Kier alpha value is -1.52. The third-order valence-corrected chi connectivity index (χ3v) is 2.54. The standard InChI is InChI=1S/C11H19NO4/c1-5-11(3,4)7(8(12)9(13)14)10(15)16-6-2/h5-6,12H2,1-4H3,(H,13,14). The molecule has 0 aliphatic carbocycles. The van der Waals surface area contributed by atoms with Crippen molar-refractivity contribution in [3.05, 3.63) is 11.3 Å². The topological polar surface area (TPSA) is 89.6 Å². The summed E-state index contributed by atoms with van der Waals surface area (Å²) < 4.78 is 4.82. The van der Waals surface area contributed by atoms with E-state index >= 15 is 0 Å². The zero-order chi connectivity index (χ0) is 12.9. The van der Waals surface area contributed by atoms with Gasteiger partial charge in [0.25, 0.3) is 0 Å². The van der Waals surface area contributed by atoms with Crippen molar-refractivity contribution in [3.63, 3.8) is 0 Å². The molecule has 0 rings (SSSR count). The molecule has 0 atom stereocenters. The van der Waals surface area contributed by atoms with Crippen molar-refractivity contribution in [2.24, 2.45) is 11.1 Å². The van der Waals surface area contributed by atoms with Gasteiger partial charge in [0.15, 0.2) is 0 Å². The lowest BCUT2D eigenvalue weighted by Crippen LogP contribution is -2.29. The molecule has 0 aliphatic rings. The summed E-state index contributed by atoms with van der Waals surface area (Å²) in [7, 11) is 0. The molecule has 0 saturated carbocycles. The van der Waals surface area contributed by atoms with Gasteiger partial charge in [-0.2, -0.15) is 0 Å². The lowest BCUT2D eigenvalue weighted by Gasteiger charge is -2.25. The number of aliphatic carboxylic acids is 1. The van der Waals surface area contributed by atoms with Crippen LogP contribution in [0, 0.1) is 5.41 Å². The highest BCUT2D eigenvalue weighted by molar-refractivity contribution is 5.99. The molecule has 0 aromatic heterocycles. The van der Waals surface area contributed by atoms with Crippen LogP contribution in [0.4, 0.5) is 0 Å². The lowest BCUT2D eigenvalue weighted by atomic mass is 9.80.